The van der Waals surface area contributed by atoms with Crippen molar-refractivity contribution in [3.8, 4) is 0 Å². The molecule has 0 aliphatic carbocycles. The van der Waals surface area contributed by atoms with Gasteiger partial charge < -0.3 is 10.6 Å². The lowest BCUT2D eigenvalue weighted by molar-refractivity contribution is -0.121. The summed E-state index contributed by atoms with van der Waals surface area (Å²) >= 11 is 0. The summed E-state index contributed by atoms with van der Waals surface area (Å²) in [7, 11) is 0. The lowest BCUT2D eigenvalue weighted by atomic mass is 10.0. The Morgan fingerprint density at radius 2 is 1.61 bits per heavy atom. The van der Waals surface area contributed by atoms with E-state index >= 15 is 0 Å². The minimum atomic E-state index is -0.287. The summed E-state index contributed by atoms with van der Waals surface area (Å²) in [5, 5.41) is 5.60. The zero-order valence-corrected chi connectivity index (χ0v) is 13.7. The van der Waals surface area contributed by atoms with Gasteiger partial charge in [0, 0.05) is 23.7 Å². The number of hydrogen-bond acceptors (Lipinski definition) is 2. The fourth-order valence-corrected chi connectivity index (χ4v) is 2.11. The maximum absolute atomic E-state index is 12.0. The molecule has 0 unspecified atom stereocenters. The molecule has 0 aromatic heterocycles. The Hall–Kier alpha value is -2.62. The summed E-state index contributed by atoms with van der Waals surface area (Å²) in [4.78, 5) is 23.7. The van der Waals surface area contributed by atoms with Crippen LogP contribution in [-0.4, -0.2) is 11.8 Å². The Morgan fingerprint density at radius 3 is 2.22 bits per heavy atom. The van der Waals surface area contributed by atoms with Gasteiger partial charge in [-0.1, -0.05) is 44.2 Å². The van der Waals surface area contributed by atoms with Crippen LogP contribution in [0.4, 0.5) is 16.2 Å². The molecule has 120 valence electrons. The molecule has 0 aliphatic heterocycles. The normalized spacial score (nSPS) is 10.4. The molecule has 0 saturated carbocycles. The third kappa shape index (κ3) is 4.95. The number of rotatable bonds is 5. The van der Waals surface area contributed by atoms with Crippen LogP contribution in [0.2, 0.25) is 0 Å². The molecule has 4 heteroatoms. The van der Waals surface area contributed by atoms with Crippen LogP contribution >= 0.6 is 0 Å². The second kappa shape index (κ2) is 7.58. The van der Waals surface area contributed by atoms with Gasteiger partial charge in [-0.25, -0.2) is 4.79 Å². The Labute approximate surface area is 136 Å². The summed E-state index contributed by atoms with van der Waals surface area (Å²) in [6.45, 7) is 5.73. The Morgan fingerprint density at radius 1 is 0.957 bits per heavy atom. The fourth-order valence-electron chi connectivity index (χ4n) is 2.11. The first-order chi connectivity index (χ1) is 11.0. The highest BCUT2D eigenvalue weighted by Gasteiger charge is 2.09. The molecule has 2 amide bonds. The monoisotopic (exact) mass is 310 g/mol. The van der Waals surface area contributed by atoms with Gasteiger partial charge in [-0.3, -0.25) is 4.79 Å². The number of para-hydroxylation sites is 1. The van der Waals surface area contributed by atoms with E-state index in [0.717, 1.165) is 16.8 Å². The van der Waals surface area contributed by atoms with Gasteiger partial charge in [-0.15, -0.1) is 0 Å². The van der Waals surface area contributed by atoms with Crippen molar-refractivity contribution in [2.75, 3.05) is 10.6 Å². The standard InChI is InChI=1S/C19H22N2O2/c1-13(2)18(22)12-15-8-10-16(11-9-15)20-19(23)21-17-7-5-4-6-14(17)3/h4-11,13H,12H2,1-3H3,(H2,20,21,23). The van der Waals surface area contributed by atoms with Gasteiger partial charge in [-0.2, -0.15) is 0 Å². The molecule has 0 fully saturated rings. The van der Waals surface area contributed by atoms with Crippen molar-refractivity contribution in [2.24, 2.45) is 5.92 Å². The number of carbonyl (C=O) groups is 2. The van der Waals surface area contributed by atoms with Gasteiger partial charge in [-0.05, 0) is 36.2 Å². The SMILES string of the molecule is Cc1ccccc1NC(=O)Nc1ccc(CC(=O)C(C)C)cc1. The third-order valence-corrected chi connectivity index (χ3v) is 3.63. The molecule has 23 heavy (non-hydrogen) atoms. The summed E-state index contributed by atoms with van der Waals surface area (Å²) in [6, 6.07) is 14.7. The molecular weight excluding hydrogens is 288 g/mol. The smallest absolute Gasteiger partial charge is 0.308 e. The lowest BCUT2D eigenvalue weighted by Crippen LogP contribution is -2.20. The van der Waals surface area contributed by atoms with Gasteiger partial charge in [0.15, 0.2) is 0 Å². The molecule has 2 aromatic carbocycles. The summed E-state index contributed by atoms with van der Waals surface area (Å²) in [5.74, 6) is 0.246. The predicted octanol–water partition coefficient (Wildman–Crippen LogP) is 4.41. The van der Waals surface area contributed by atoms with Crippen LogP contribution in [0, 0.1) is 12.8 Å². The van der Waals surface area contributed by atoms with E-state index in [9.17, 15) is 9.59 Å². The third-order valence-electron chi connectivity index (χ3n) is 3.63. The molecular formula is C19H22N2O2. The summed E-state index contributed by atoms with van der Waals surface area (Å²) in [5.41, 5.74) is 3.43. The number of benzene rings is 2. The van der Waals surface area contributed by atoms with Gasteiger partial charge in [0.05, 0.1) is 0 Å². The van der Waals surface area contributed by atoms with Crippen LogP contribution in [0.1, 0.15) is 25.0 Å². The van der Waals surface area contributed by atoms with E-state index in [4.69, 9.17) is 0 Å². The number of ketones is 1. The number of nitrogens with one attached hydrogen (secondary N) is 2. The molecule has 0 atom stereocenters. The Balaban J connectivity index is 1.94. The van der Waals surface area contributed by atoms with E-state index in [1.165, 1.54) is 0 Å². The fraction of sp³-hybridized carbons (Fsp3) is 0.263. The van der Waals surface area contributed by atoms with E-state index in [2.05, 4.69) is 10.6 Å². The van der Waals surface area contributed by atoms with Crippen molar-refractivity contribution >= 4 is 23.2 Å². The average molecular weight is 310 g/mol. The zero-order valence-electron chi connectivity index (χ0n) is 13.7. The van der Waals surface area contributed by atoms with Crippen LogP contribution in [-0.2, 0) is 11.2 Å². The minimum Gasteiger partial charge on any atom is -0.308 e. The van der Waals surface area contributed by atoms with Crippen LogP contribution in [0.25, 0.3) is 0 Å². The number of amides is 2. The van der Waals surface area contributed by atoms with Crippen LogP contribution < -0.4 is 10.6 Å². The van der Waals surface area contributed by atoms with Crippen molar-refractivity contribution in [3.63, 3.8) is 0 Å². The molecule has 0 heterocycles. The van der Waals surface area contributed by atoms with Gasteiger partial charge >= 0.3 is 6.03 Å². The van der Waals surface area contributed by atoms with Gasteiger partial charge in [0.25, 0.3) is 0 Å². The largest absolute Gasteiger partial charge is 0.323 e. The highest BCUT2D eigenvalue weighted by Crippen LogP contribution is 2.15. The van der Waals surface area contributed by atoms with Crippen molar-refractivity contribution in [2.45, 2.75) is 27.2 Å². The van der Waals surface area contributed by atoms with Crippen LogP contribution in [0.5, 0.6) is 0 Å². The molecule has 0 aliphatic rings. The van der Waals surface area contributed by atoms with Crippen LogP contribution in [0.3, 0.4) is 0 Å². The van der Waals surface area contributed by atoms with E-state index in [1.807, 2.05) is 57.2 Å². The van der Waals surface area contributed by atoms with Crippen molar-refractivity contribution in [3.05, 3.63) is 59.7 Å². The number of anilines is 2. The Kier molecular flexibility index (Phi) is 5.52. The minimum absolute atomic E-state index is 0.0349. The molecule has 4 nitrogen and oxygen atoms in total. The molecule has 0 saturated heterocycles. The quantitative estimate of drug-likeness (QED) is 0.859. The van der Waals surface area contributed by atoms with Crippen molar-refractivity contribution in [1.82, 2.24) is 0 Å². The molecule has 2 rings (SSSR count). The van der Waals surface area contributed by atoms with Crippen molar-refractivity contribution in [1.29, 1.82) is 0 Å². The first kappa shape index (κ1) is 16.7. The van der Waals surface area contributed by atoms with Gasteiger partial charge in [0.2, 0.25) is 0 Å². The van der Waals surface area contributed by atoms with E-state index in [0.29, 0.717) is 12.1 Å². The molecule has 0 bridgehead atoms. The van der Waals surface area contributed by atoms with E-state index in [1.54, 1.807) is 12.1 Å². The number of carbonyl (C=O) groups excluding carboxylic acids is 2. The topological polar surface area (TPSA) is 58.2 Å². The number of Topliss-reactive ketones (excluding diaryl/α,β-unsaturated/α-hetero) is 1. The molecule has 0 radical (unpaired) electrons. The maximum atomic E-state index is 12.0. The van der Waals surface area contributed by atoms with Crippen LogP contribution in [0.15, 0.2) is 48.5 Å². The predicted molar refractivity (Wildman–Crippen MR) is 93.8 cm³/mol. The zero-order chi connectivity index (χ0) is 16.8. The van der Waals surface area contributed by atoms with Crippen molar-refractivity contribution < 1.29 is 9.59 Å². The highest BCUT2D eigenvalue weighted by atomic mass is 16.2. The van der Waals surface area contributed by atoms with E-state index < -0.39 is 0 Å². The number of urea groups is 1. The maximum Gasteiger partial charge on any atom is 0.323 e. The first-order valence-electron chi connectivity index (χ1n) is 7.71. The van der Waals surface area contributed by atoms with E-state index in [-0.39, 0.29) is 17.7 Å². The Bertz CT molecular complexity index is 691. The lowest BCUT2D eigenvalue weighted by Gasteiger charge is -2.10. The summed E-state index contributed by atoms with van der Waals surface area (Å²) < 4.78 is 0. The molecule has 2 N–H and O–H groups in total. The average Bonchev–Trinajstić information content (AvgIpc) is 2.51. The number of hydrogen-bond donors (Lipinski definition) is 2. The molecule has 2 aromatic rings. The second-order valence-electron chi connectivity index (χ2n) is 5.89. The summed E-state index contributed by atoms with van der Waals surface area (Å²) in [6.07, 6.45) is 0.424. The van der Waals surface area contributed by atoms with Gasteiger partial charge in [0.1, 0.15) is 5.78 Å². The highest BCUT2D eigenvalue weighted by molar-refractivity contribution is 6.00. The first-order valence-corrected chi connectivity index (χ1v) is 7.71. The molecule has 0 spiro atoms. The second-order valence-corrected chi connectivity index (χ2v) is 5.89. The number of aryl methyl sites for hydroxylation is 1.